The first-order chi connectivity index (χ1) is 10.2. The van der Waals surface area contributed by atoms with Crippen molar-refractivity contribution in [2.75, 3.05) is 6.61 Å². The molecule has 1 unspecified atom stereocenters. The summed E-state index contributed by atoms with van der Waals surface area (Å²) < 4.78 is 5.64. The number of benzene rings is 1. The van der Waals surface area contributed by atoms with Gasteiger partial charge in [-0.25, -0.2) is 4.98 Å². The summed E-state index contributed by atoms with van der Waals surface area (Å²) in [4.78, 5) is 6.06. The van der Waals surface area contributed by atoms with Gasteiger partial charge in [0, 0.05) is 10.9 Å². The lowest BCUT2D eigenvalue weighted by molar-refractivity contribution is 0.339. The third kappa shape index (κ3) is 3.44. The molecule has 1 aromatic carbocycles. The molecular formula is C17H22N2OS. The number of thiazole rings is 1. The Balaban J connectivity index is 1.92. The first-order valence-electron chi connectivity index (χ1n) is 7.60. The molecule has 3 rings (SSSR count). The Labute approximate surface area is 130 Å². The van der Waals surface area contributed by atoms with Crippen molar-refractivity contribution in [3.63, 3.8) is 0 Å². The van der Waals surface area contributed by atoms with Crippen LogP contribution in [0.1, 0.15) is 46.9 Å². The molecule has 0 amide bonds. The largest absolute Gasteiger partial charge is 0.494 e. The first-order valence-corrected chi connectivity index (χ1v) is 8.41. The second-order valence-corrected chi connectivity index (χ2v) is 6.81. The van der Waals surface area contributed by atoms with Gasteiger partial charge in [0.1, 0.15) is 10.8 Å². The third-order valence-electron chi connectivity index (χ3n) is 3.77. The molecule has 4 heteroatoms. The van der Waals surface area contributed by atoms with Gasteiger partial charge >= 0.3 is 0 Å². The second kappa shape index (κ2) is 6.16. The molecule has 1 aliphatic rings. The smallest absolute Gasteiger partial charge is 0.119 e. The molecule has 112 valence electrons. The van der Waals surface area contributed by atoms with Crippen molar-refractivity contribution in [3.05, 3.63) is 45.4 Å². The molecular weight excluding hydrogens is 280 g/mol. The van der Waals surface area contributed by atoms with Crippen LogP contribution in [0.4, 0.5) is 0 Å². The standard InChI is InChI=1S/C17H22N2OS/c1-4-20-15-7-5-6-13(10-15)16(19-14-8-9-14)17-18-11(2)12(3)21-17/h5-7,10,14,16,19H,4,8-9H2,1-3H3. The van der Waals surface area contributed by atoms with Gasteiger partial charge in [0.25, 0.3) is 0 Å². The molecule has 1 heterocycles. The maximum atomic E-state index is 5.64. The number of aromatic nitrogens is 1. The molecule has 0 saturated heterocycles. The van der Waals surface area contributed by atoms with Gasteiger partial charge < -0.3 is 10.1 Å². The molecule has 3 nitrogen and oxygen atoms in total. The molecule has 1 N–H and O–H groups in total. The zero-order valence-electron chi connectivity index (χ0n) is 12.8. The average Bonchev–Trinajstić information content (AvgIpc) is 3.23. The molecule has 1 aromatic heterocycles. The Morgan fingerprint density at radius 2 is 2.19 bits per heavy atom. The van der Waals surface area contributed by atoms with E-state index in [0.29, 0.717) is 12.6 Å². The summed E-state index contributed by atoms with van der Waals surface area (Å²) in [6, 6.07) is 9.18. The molecule has 1 atom stereocenters. The zero-order chi connectivity index (χ0) is 14.8. The monoisotopic (exact) mass is 302 g/mol. The summed E-state index contributed by atoms with van der Waals surface area (Å²) in [6.45, 7) is 6.93. The lowest BCUT2D eigenvalue weighted by Crippen LogP contribution is -2.24. The van der Waals surface area contributed by atoms with E-state index in [1.54, 1.807) is 11.3 Å². The fourth-order valence-electron chi connectivity index (χ4n) is 2.37. The van der Waals surface area contributed by atoms with E-state index in [0.717, 1.165) is 16.5 Å². The van der Waals surface area contributed by atoms with E-state index < -0.39 is 0 Å². The van der Waals surface area contributed by atoms with E-state index in [9.17, 15) is 0 Å². The van der Waals surface area contributed by atoms with Gasteiger partial charge in [0.15, 0.2) is 0 Å². The lowest BCUT2D eigenvalue weighted by Gasteiger charge is -2.17. The van der Waals surface area contributed by atoms with E-state index in [2.05, 4.69) is 37.4 Å². The maximum Gasteiger partial charge on any atom is 0.119 e. The van der Waals surface area contributed by atoms with Crippen molar-refractivity contribution in [1.82, 2.24) is 10.3 Å². The molecule has 0 radical (unpaired) electrons. The number of hydrogen-bond acceptors (Lipinski definition) is 4. The van der Waals surface area contributed by atoms with Crippen LogP contribution in [0, 0.1) is 13.8 Å². The fourth-order valence-corrected chi connectivity index (χ4v) is 3.38. The SMILES string of the molecule is CCOc1cccc(C(NC2CC2)c2nc(C)c(C)s2)c1. The normalized spacial score (nSPS) is 16.0. The minimum Gasteiger partial charge on any atom is -0.494 e. The molecule has 21 heavy (non-hydrogen) atoms. The number of ether oxygens (including phenoxy) is 1. The van der Waals surface area contributed by atoms with Crippen molar-refractivity contribution >= 4 is 11.3 Å². The highest BCUT2D eigenvalue weighted by Gasteiger charge is 2.28. The Morgan fingerprint density at radius 1 is 1.38 bits per heavy atom. The molecule has 0 aliphatic heterocycles. The van der Waals surface area contributed by atoms with Crippen molar-refractivity contribution in [3.8, 4) is 5.75 Å². The summed E-state index contributed by atoms with van der Waals surface area (Å²) in [5.41, 5.74) is 2.38. The van der Waals surface area contributed by atoms with Crippen molar-refractivity contribution in [2.45, 2.75) is 45.7 Å². The number of rotatable bonds is 6. The topological polar surface area (TPSA) is 34.1 Å². The summed E-state index contributed by atoms with van der Waals surface area (Å²) in [7, 11) is 0. The molecule has 2 aromatic rings. The van der Waals surface area contributed by atoms with Crippen molar-refractivity contribution in [1.29, 1.82) is 0 Å². The van der Waals surface area contributed by atoms with Gasteiger partial charge in [-0.05, 0) is 51.3 Å². The summed E-state index contributed by atoms with van der Waals surface area (Å²) in [5.74, 6) is 0.933. The van der Waals surface area contributed by atoms with Gasteiger partial charge in [-0.3, -0.25) is 0 Å². The van der Waals surface area contributed by atoms with Crippen molar-refractivity contribution < 1.29 is 4.74 Å². The van der Waals surface area contributed by atoms with E-state index in [1.165, 1.54) is 23.3 Å². The van der Waals surface area contributed by atoms with Crippen LogP contribution in [0.15, 0.2) is 24.3 Å². The number of aryl methyl sites for hydroxylation is 2. The number of nitrogens with one attached hydrogen (secondary N) is 1. The van der Waals surface area contributed by atoms with Crippen LogP contribution in [0.5, 0.6) is 5.75 Å². The molecule has 0 bridgehead atoms. The molecule has 1 saturated carbocycles. The van der Waals surface area contributed by atoms with Crippen LogP contribution in [0.2, 0.25) is 0 Å². The third-order valence-corrected chi connectivity index (χ3v) is 4.91. The highest BCUT2D eigenvalue weighted by atomic mass is 32.1. The van der Waals surface area contributed by atoms with Gasteiger partial charge in [-0.2, -0.15) is 0 Å². The second-order valence-electron chi connectivity index (χ2n) is 5.57. The predicted molar refractivity (Wildman–Crippen MR) is 87.2 cm³/mol. The summed E-state index contributed by atoms with van der Waals surface area (Å²) in [6.07, 6.45) is 2.54. The highest BCUT2D eigenvalue weighted by molar-refractivity contribution is 7.11. The highest BCUT2D eigenvalue weighted by Crippen LogP contribution is 2.33. The molecule has 0 spiro atoms. The Hall–Kier alpha value is -1.39. The van der Waals surface area contributed by atoms with E-state index in [4.69, 9.17) is 9.72 Å². The van der Waals surface area contributed by atoms with Gasteiger partial charge in [0.05, 0.1) is 18.3 Å². The maximum absolute atomic E-state index is 5.64. The average molecular weight is 302 g/mol. The Bertz CT molecular complexity index is 600. The number of nitrogens with zero attached hydrogens (tertiary/aromatic N) is 1. The fraction of sp³-hybridized carbons (Fsp3) is 0.471. The van der Waals surface area contributed by atoms with Crippen LogP contribution < -0.4 is 10.1 Å². The summed E-state index contributed by atoms with van der Waals surface area (Å²) in [5, 5.41) is 4.88. The van der Waals surface area contributed by atoms with Gasteiger partial charge in [-0.15, -0.1) is 11.3 Å². The first kappa shape index (κ1) is 14.5. The molecule has 1 aliphatic carbocycles. The van der Waals surface area contributed by atoms with E-state index in [1.807, 2.05) is 13.0 Å². The minimum atomic E-state index is 0.176. The zero-order valence-corrected chi connectivity index (χ0v) is 13.7. The van der Waals surface area contributed by atoms with Gasteiger partial charge in [0.2, 0.25) is 0 Å². The Morgan fingerprint density at radius 3 is 2.81 bits per heavy atom. The van der Waals surface area contributed by atoms with E-state index >= 15 is 0 Å². The minimum absolute atomic E-state index is 0.176. The van der Waals surface area contributed by atoms with Gasteiger partial charge in [-0.1, -0.05) is 12.1 Å². The van der Waals surface area contributed by atoms with Crippen LogP contribution >= 0.6 is 11.3 Å². The Kier molecular flexibility index (Phi) is 4.27. The quantitative estimate of drug-likeness (QED) is 0.876. The lowest BCUT2D eigenvalue weighted by atomic mass is 10.1. The predicted octanol–water partition coefficient (Wildman–Crippen LogP) is 4.00. The van der Waals surface area contributed by atoms with Crippen LogP contribution in [0.25, 0.3) is 0 Å². The number of hydrogen-bond donors (Lipinski definition) is 1. The van der Waals surface area contributed by atoms with Crippen LogP contribution in [-0.4, -0.2) is 17.6 Å². The summed E-state index contributed by atoms with van der Waals surface area (Å²) >= 11 is 1.79. The molecule has 1 fully saturated rings. The van der Waals surface area contributed by atoms with Crippen LogP contribution in [0.3, 0.4) is 0 Å². The van der Waals surface area contributed by atoms with Crippen molar-refractivity contribution in [2.24, 2.45) is 0 Å². The van der Waals surface area contributed by atoms with Crippen LogP contribution in [-0.2, 0) is 0 Å². The van der Waals surface area contributed by atoms with E-state index in [-0.39, 0.29) is 6.04 Å².